The molecule has 4 rings (SSSR count). The molecule has 0 aliphatic carbocycles. The van der Waals surface area contributed by atoms with Gasteiger partial charge in [0, 0.05) is 37.3 Å². The van der Waals surface area contributed by atoms with E-state index in [4.69, 9.17) is 0 Å². The summed E-state index contributed by atoms with van der Waals surface area (Å²) >= 11 is 0. The molecule has 3 aromatic rings. The van der Waals surface area contributed by atoms with E-state index in [1.807, 2.05) is 24.3 Å². The summed E-state index contributed by atoms with van der Waals surface area (Å²) in [5.41, 5.74) is 4.19. The number of ketones is 1. The van der Waals surface area contributed by atoms with Gasteiger partial charge in [0.15, 0.2) is 5.78 Å². The van der Waals surface area contributed by atoms with E-state index in [-0.39, 0.29) is 17.6 Å². The predicted molar refractivity (Wildman–Crippen MR) is 127 cm³/mol. The lowest BCUT2D eigenvalue weighted by Crippen LogP contribution is -2.56. The normalized spacial score (nSPS) is 20.8. The Morgan fingerprint density at radius 2 is 1.59 bits per heavy atom. The summed E-state index contributed by atoms with van der Waals surface area (Å²) in [6, 6.07) is 26.3. The van der Waals surface area contributed by atoms with E-state index in [1.165, 1.54) is 17.2 Å². The lowest BCUT2D eigenvalue weighted by molar-refractivity contribution is 0.0195. The zero-order valence-electron chi connectivity index (χ0n) is 19.0. The highest BCUT2D eigenvalue weighted by Crippen LogP contribution is 2.33. The van der Waals surface area contributed by atoms with Crippen LogP contribution < -0.4 is 0 Å². The molecule has 0 aromatic heterocycles. The molecule has 32 heavy (non-hydrogen) atoms. The summed E-state index contributed by atoms with van der Waals surface area (Å²) in [4.78, 5) is 16.8. The van der Waals surface area contributed by atoms with Crippen LogP contribution in [0.2, 0.25) is 0 Å². The van der Waals surface area contributed by atoms with E-state index < -0.39 is 0 Å². The van der Waals surface area contributed by atoms with Gasteiger partial charge in [-0.2, -0.15) is 0 Å². The number of piperazine rings is 1. The van der Waals surface area contributed by atoms with Crippen LogP contribution >= 0.6 is 0 Å². The van der Waals surface area contributed by atoms with Crippen molar-refractivity contribution in [2.24, 2.45) is 0 Å². The molecule has 3 aromatic carbocycles. The third-order valence-corrected chi connectivity index (χ3v) is 6.52. The van der Waals surface area contributed by atoms with Gasteiger partial charge in [0.25, 0.3) is 0 Å². The molecule has 166 valence electrons. The molecule has 0 N–H and O–H groups in total. The molecule has 4 heteroatoms. The highest BCUT2D eigenvalue weighted by atomic mass is 19.1. The SMILES string of the molecule is CC(=O)c1ccc([C@H](c2ccccc2)N2C[C@@H](C)N(Cc3cccc(F)c3)C[C@@H]2C)cc1. The van der Waals surface area contributed by atoms with Gasteiger partial charge in [-0.05, 0) is 49.6 Å². The van der Waals surface area contributed by atoms with Crippen molar-refractivity contribution in [1.29, 1.82) is 0 Å². The van der Waals surface area contributed by atoms with Gasteiger partial charge in [0.1, 0.15) is 5.82 Å². The lowest BCUT2D eigenvalue weighted by atomic mass is 9.92. The average molecular weight is 431 g/mol. The Morgan fingerprint density at radius 1 is 0.906 bits per heavy atom. The largest absolute Gasteiger partial charge is 0.295 e. The first-order valence-electron chi connectivity index (χ1n) is 11.3. The number of benzene rings is 3. The summed E-state index contributed by atoms with van der Waals surface area (Å²) in [6.45, 7) is 8.69. The van der Waals surface area contributed by atoms with Crippen molar-refractivity contribution in [3.8, 4) is 0 Å². The number of Topliss-reactive ketones (excluding diaryl/α,β-unsaturated/α-hetero) is 1. The molecule has 0 bridgehead atoms. The van der Waals surface area contributed by atoms with Crippen LogP contribution in [0.15, 0.2) is 78.9 Å². The Kier molecular flexibility index (Phi) is 6.83. The van der Waals surface area contributed by atoms with Crippen molar-refractivity contribution in [3.05, 3.63) is 107 Å². The van der Waals surface area contributed by atoms with Gasteiger partial charge < -0.3 is 0 Å². The summed E-state index contributed by atoms with van der Waals surface area (Å²) in [7, 11) is 0. The van der Waals surface area contributed by atoms with Gasteiger partial charge in [0.05, 0.1) is 6.04 Å². The number of carbonyl (C=O) groups is 1. The molecule has 0 radical (unpaired) electrons. The Morgan fingerprint density at radius 3 is 2.25 bits per heavy atom. The second-order valence-electron chi connectivity index (χ2n) is 8.95. The summed E-state index contributed by atoms with van der Waals surface area (Å²) in [5, 5.41) is 0. The molecule has 0 saturated carbocycles. The zero-order chi connectivity index (χ0) is 22.7. The number of hydrogen-bond acceptors (Lipinski definition) is 3. The maximum atomic E-state index is 13.7. The third kappa shape index (κ3) is 4.98. The highest BCUT2D eigenvalue weighted by Gasteiger charge is 2.34. The van der Waals surface area contributed by atoms with E-state index in [2.05, 4.69) is 60.0 Å². The predicted octanol–water partition coefficient (Wildman–Crippen LogP) is 5.71. The number of nitrogens with zero attached hydrogens (tertiary/aromatic N) is 2. The standard InChI is InChI=1S/C28H31FN2O/c1-20-18-31(21(2)17-30(20)19-23-8-7-11-27(29)16-23)28(25-9-5-4-6-10-25)26-14-12-24(13-15-26)22(3)32/h4-16,20-21,28H,17-19H2,1-3H3/t20-,21+,28+/m1/s1. The van der Waals surface area contributed by atoms with Crippen LogP contribution in [0.25, 0.3) is 0 Å². The van der Waals surface area contributed by atoms with Crippen molar-refractivity contribution in [3.63, 3.8) is 0 Å². The van der Waals surface area contributed by atoms with Gasteiger partial charge in [-0.3, -0.25) is 14.6 Å². The van der Waals surface area contributed by atoms with Gasteiger partial charge in [-0.25, -0.2) is 4.39 Å². The molecular weight excluding hydrogens is 399 g/mol. The molecule has 1 fully saturated rings. The van der Waals surface area contributed by atoms with Crippen LogP contribution in [-0.4, -0.2) is 40.8 Å². The first kappa shape index (κ1) is 22.4. The molecule has 3 nitrogen and oxygen atoms in total. The second kappa shape index (κ2) is 9.76. The fourth-order valence-electron chi connectivity index (χ4n) is 4.79. The molecule has 1 aliphatic heterocycles. The Balaban J connectivity index is 1.60. The smallest absolute Gasteiger partial charge is 0.159 e. The van der Waals surface area contributed by atoms with Gasteiger partial charge in [-0.1, -0.05) is 66.7 Å². The van der Waals surface area contributed by atoms with E-state index >= 15 is 0 Å². The zero-order valence-corrected chi connectivity index (χ0v) is 19.0. The fourth-order valence-corrected chi connectivity index (χ4v) is 4.79. The minimum absolute atomic E-state index is 0.0840. The first-order valence-corrected chi connectivity index (χ1v) is 11.3. The molecule has 0 amide bonds. The highest BCUT2D eigenvalue weighted by molar-refractivity contribution is 5.94. The third-order valence-electron chi connectivity index (χ3n) is 6.52. The Bertz CT molecular complexity index is 1050. The molecular formula is C28H31FN2O. The second-order valence-corrected chi connectivity index (χ2v) is 8.95. The Hall–Kier alpha value is -2.82. The number of hydrogen-bond donors (Lipinski definition) is 0. The molecule has 3 atom stereocenters. The fraction of sp³-hybridized carbons (Fsp3) is 0.321. The van der Waals surface area contributed by atoms with Crippen LogP contribution in [0.4, 0.5) is 4.39 Å². The van der Waals surface area contributed by atoms with Crippen molar-refractivity contribution in [2.45, 2.75) is 45.4 Å². The van der Waals surface area contributed by atoms with Crippen molar-refractivity contribution in [1.82, 2.24) is 9.80 Å². The van der Waals surface area contributed by atoms with E-state index in [1.54, 1.807) is 19.1 Å². The molecule has 1 heterocycles. The average Bonchev–Trinajstić information content (AvgIpc) is 2.78. The molecule has 1 saturated heterocycles. The number of rotatable bonds is 6. The quantitative estimate of drug-likeness (QED) is 0.468. The molecule has 0 unspecified atom stereocenters. The summed E-state index contributed by atoms with van der Waals surface area (Å²) in [6.07, 6.45) is 0. The first-order chi connectivity index (χ1) is 15.4. The van der Waals surface area contributed by atoms with E-state index in [9.17, 15) is 9.18 Å². The van der Waals surface area contributed by atoms with Crippen LogP contribution in [0.1, 0.15) is 53.9 Å². The summed E-state index contributed by atoms with van der Waals surface area (Å²) < 4.78 is 13.7. The lowest BCUT2D eigenvalue weighted by Gasteiger charge is -2.47. The van der Waals surface area contributed by atoms with Crippen molar-refractivity contribution >= 4 is 5.78 Å². The van der Waals surface area contributed by atoms with Crippen molar-refractivity contribution in [2.75, 3.05) is 13.1 Å². The van der Waals surface area contributed by atoms with Crippen LogP contribution in [-0.2, 0) is 6.54 Å². The van der Waals surface area contributed by atoms with E-state index in [0.29, 0.717) is 12.1 Å². The van der Waals surface area contributed by atoms with Crippen LogP contribution in [0.5, 0.6) is 0 Å². The maximum absolute atomic E-state index is 13.7. The maximum Gasteiger partial charge on any atom is 0.159 e. The topological polar surface area (TPSA) is 23.6 Å². The van der Waals surface area contributed by atoms with Gasteiger partial charge >= 0.3 is 0 Å². The van der Waals surface area contributed by atoms with Gasteiger partial charge in [-0.15, -0.1) is 0 Å². The summed E-state index contributed by atoms with van der Waals surface area (Å²) in [5.74, 6) is -0.0965. The Labute approximate surface area is 190 Å². The van der Waals surface area contributed by atoms with E-state index in [0.717, 1.165) is 30.8 Å². The van der Waals surface area contributed by atoms with Crippen molar-refractivity contribution < 1.29 is 9.18 Å². The molecule has 1 aliphatic rings. The molecule has 0 spiro atoms. The minimum atomic E-state index is -0.181. The monoisotopic (exact) mass is 430 g/mol. The number of carbonyl (C=O) groups excluding carboxylic acids is 1. The minimum Gasteiger partial charge on any atom is -0.295 e. The van der Waals surface area contributed by atoms with Crippen LogP contribution in [0.3, 0.4) is 0 Å². The van der Waals surface area contributed by atoms with Crippen LogP contribution in [0, 0.1) is 5.82 Å². The van der Waals surface area contributed by atoms with Gasteiger partial charge in [0.2, 0.25) is 0 Å². The number of halogens is 1.